The number of hydrogen-bond donors (Lipinski definition) is 0. The van der Waals surface area contributed by atoms with Crippen LogP contribution in [0.2, 0.25) is 0 Å². The zero-order chi connectivity index (χ0) is 17.5. The first-order chi connectivity index (χ1) is 11.3. The Hall–Kier alpha value is -2.64. The van der Waals surface area contributed by atoms with Gasteiger partial charge in [0.05, 0.1) is 12.1 Å². The van der Waals surface area contributed by atoms with Crippen LogP contribution in [-0.2, 0) is 19.3 Å². The molecule has 0 spiro atoms. The molecule has 4 nitrogen and oxygen atoms in total. The Morgan fingerprint density at radius 1 is 1.17 bits per heavy atom. The van der Waals surface area contributed by atoms with Crippen molar-refractivity contribution in [2.24, 2.45) is 0 Å². The molecule has 0 atom stereocenters. The number of halogens is 4. The third-order valence-electron chi connectivity index (χ3n) is 3.76. The van der Waals surface area contributed by atoms with E-state index in [-0.39, 0.29) is 12.1 Å². The molecule has 2 aromatic heterocycles. The van der Waals surface area contributed by atoms with Crippen LogP contribution in [0.3, 0.4) is 0 Å². The minimum Gasteiger partial charge on any atom is -0.327 e. The molecule has 0 N–H and O–H groups in total. The van der Waals surface area contributed by atoms with Crippen LogP contribution in [0, 0.1) is 5.82 Å². The second-order valence-corrected chi connectivity index (χ2v) is 5.23. The molecule has 0 amide bonds. The van der Waals surface area contributed by atoms with Crippen LogP contribution in [0.5, 0.6) is 0 Å². The standard InChI is InChI=1S/C16H13F4N3O/c1-2-23-12-7-3-6-11(17)14(12)21-13(23)9-22-8-4-5-10(15(22)24)16(18,19)20/h3-8H,2,9H2,1H3. The minimum absolute atomic E-state index is 0.134. The van der Waals surface area contributed by atoms with Crippen LogP contribution in [0.1, 0.15) is 18.3 Å². The van der Waals surface area contributed by atoms with Crippen molar-refractivity contribution < 1.29 is 17.6 Å². The molecule has 0 saturated heterocycles. The molecule has 24 heavy (non-hydrogen) atoms. The highest BCUT2D eigenvalue weighted by atomic mass is 19.4. The van der Waals surface area contributed by atoms with Crippen LogP contribution in [0.15, 0.2) is 41.3 Å². The van der Waals surface area contributed by atoms with Gasteiger partial charge in [-0.25, -0.2) is 9.37 Å². The second kappa shape index (κ2) is 5.77. The topological polar surface area (TPSA) is 39.8 Å². The SMILES string of the molecule is CCn1c(Cn2cccc(C(F)(F)F)c2=O)nc2c(F)cccc21. The normalized spacial score (nSPS) is 12.0. The highest BCUT2D eigenvalue weighted by Crippen LogP contribution is 2.26. The number of benzene rings is 1. The van der Waals surface area contributed by atoms with E-state index in [0.29, 0.717) is 17.9 Å². The fraction of sp³-hybridized carbons (Fsp3) is 0.250. The summed E-state index contributed by atoms with van der Waals surface area (Å²) in [6.07, 6.45) is -3.47. The number of fused-ring (bicyclic) bond motifs is 1. The first kappa shape index (κ1) is 16.2. The van der Waals surface area contributed by atoms with Crippen molar-refractivity contribution >= 4 is 11.0 Å². The first-order valence-corrected chi connectivity index (χ1v) is 7.23. The van der Waals surface area contributed by atoms with Gasteiger partial charge in [0.2, 0.25) is 0 Å². The summed E-state index contributed by atoms with van der Waals surface area (Å²) in [6, 6.07) is 6.36. The van der Waals surface area contributed by atoms with Gasteiger partial charge in [-0.05, 0) is 31.2 Å². The minimum atomic E-state index is -4.73. The van der Waals surface area contributed by atoms with E-state index in [4.69, 9.17) is 0 Å². The molecule has 2 heterocycles. The maximum atomic E-state index is 13.9. The van der Waals surface area contributed by atoms with E-state index in [0.717, 1.165) is 16.7 Å². The third-order valence-corrected chi connectivity index (χ3v) is 3.76. The van der Waals surface area contributed by atoms with Gasteiger partial charge in [-0.1, -0.05) is 6.07 Å². The van der Waals surface area contributed by atoms with Crippen LogP contribution in [-0.4, -0.2) is 14.1 Å². The van der Waals surface area contributed by atoms with E-state index in [9.17, 15) is 22.4 Å². The summed E-state index contributed by atoms with van der Waals surface area (Å²) in [5.74, 6) is -0.198. The lowest BCUT2D eigenvalue weighted by Gasteiger charge is -2.11. The molecule has 3 rings (SSSR count). The van der Waals surface area contributed by atoms with E-state index in [2.05, 4.69) is 4.98 Å². The van der Waals surface area contributed by atoms with Crippen molar-refractivity contribution in [3.8, 4) is 0 Å². The summed E-state index contributed by atoms with van der Waals surface area (Å²) < 4.78 is 55.0. The molecule has 1 aromatic carbocycles. The Balaban J connectivity index is 2.12. The molecule has 0 aliphatic rings. The predicted octanol–water partition coefficient (Wildman–Crippen LogP) is 3.42. The molecule has 0 fully saturated rings. The summed E-state index contributed by atoms with van der Waals surface area (Å²) in [4.78, 5) is 16.2. The zero-order valence-corrected chi connectivity index (χ0v) is 12.6. The Kier molecular flexibility index (Phi) is 3.90. The van der Waals surface area contributed by atoms with Crippen molar-refractivity contribution in [1.82, 2.24) is 14.1 Å². The van der Waals surface area contributed by atoms with Gasteiger partial charge >= 0.3 is 6.18 Å². The number of rotatable bonds is 3. The average molecular weight is 339 g/mol. The smallest absolute Gasteiger partial charge is 0.327 e. The van der Waals surface area contributed by atoms with Gasteiger partial charge in [-0.15, -0.1) is 0 Å². The summed E-state index contributed by atoms with van der Waals surface area (Å²) in [7, 11) is 0. The summed E-state index contributed by atoms with van der Waals surface area (Å²) >= 11 is 0. The van der Waals surface area contributed by atoms with Gasteiger partial charge in [0.25, 0.3) is 5.56 Å². The maximum Gasteiger partial charge on any atom is 0.421 e. The Morgan fingerprint density at radius 3 is 2.58 bits per heavy atom. The van der Waals surface area contributed by atoms with Crippen molar-refractivity contribution in [1.29, 1.82) is 0 Å². The van der Waals surface area contributed by atoms with Crippen LogP contribution < -0.4 is 5.56 Å². The van der Waals surface area contributed by atoms with Gasteiger partial charge < -0.3 is 9.13 Å². The van der Waals surface area contributed by atoms with Gasteiger partial charge in [0.1, 0.15) is 16.9 Å². The van der Waals surface area contributed by atoms with E-state index < -0.39 is 23.1 Å². The second-order valence-electron chi connectivity index (χ2n) is 5.23. The number of pyridine rings is 1. The number of aromatic nitrogens is 3. The largest absolute Gasteiger partial charge is 0.421 e. The molecule has 8 heteroatoms. The van der Waals surface area contributed by atoms with Gasteiger partial charge in [-0.2, -0.15) is 13.2 Å². The molecular weight excluding hydrogens is 326 g/mol. The van der Waals surface area contributed by atoms with Crippen molar-refractivity contribution in [2.45, 2.75) is 26.2 Å². The Labute approximate surface area is 134 Å². The monoisotopic (exact) mass is 339 g/mol. The third kappa shape index (κ3) is 2.68. The van der Waals surface area contributed by atoms with Crippen molar-refractivity contribution in [3.05, 3.63) is 64.1 Å². The van der Waals surface area contributed by atoms with E-state index in [1.165, 1.54) is 18.3 Å². The molecule has 0 unspecified atom stereocenters. The molecule has 3 aromatic rings. The predicted molar refractivity (Wildman–Crippen MR) is 80.2 cm³/mol. The number of hydrogen-bond acceptors (Lipinski definition) is 2. The lowest BCUT2D eigenvalue weighted by atomic mass is 10.2. The summed E-state index contributed by atoms with van der Waals surface area (Å²) in [5, 5.41) is 0. The maximum absolute atomic E-state index is 13.9. The average Bonchev–Trinajstić information content (AvgIpc) is 2.87. The van der Waals surface area contributed by atoms with Crippen LogP contribution >= 0.6 is 0 Å². The number of para-hydroxylation sites is 1. The van der Waals surface area contributed by atoms with Crippen molar-refractivity contribution in [2.75, 3.05) is 0 Å². The highest BCUT2D eigenvalue weighted by molar-refractivity contribution is 5.76. The van der Waals surface area contributed by atoms with E-state index in [1.54, 1.807) is 10.6 Å². The number of aryl methyl sites for hydroxylation is 1. The van der Waals surface area contributed by atoms with Crippen LogP contribution in [0.4, 0.5) is 17.6 Å². The fourth-order valence-corrected chi connectivity index (χ4v) is 2.66. The Morgan fingerprint density at radius 2 is 1.92 bits per heavy atom. The Bertz CT molecular complexity index is 956. The molecule has 0 bridgehead atoms. The number of nitrogens with zero attached hydrogens (tertiary/aromatic N) is 3. The molecule has 0 saturated carbocycles. The van der Waals surface area contributed by atoms with Crippen molar-refractivity contribution in [3.63, 3.8) is 0 Å². The van der Waals surface area contributed by atoms with Gasteiger partial charge in [0.15, 0.2) is 5.82 Å². The van der Waals surface area contributed by atoms with Gasteiger partial charge in [-0.3, -0.25) is 4.79 Å². The highest BCUT2D eigenvalue weighted by Gasteiger charge is 2.34. The number of imidazole rings is 1. The lowest BCUT2D eigenvalue weighted by Crippen LogP contribution is -2.29. The summed E-state index contributed by atoms with van der Waals surface area (Å²) in [5.41, 5.74) is -1.72. The number of alkyl halides is 3. The van der Waals surface area contributed by atoms with E-state index >= 15 is 0 Å². The summed E-state index contributed by atoms with van der Waals surface area (Å²) in [6.45, 7) is 2.08. The quantitative estimate of drug-likeness (QED) is 0.686. The fourth-order valence-electron chi connectivity index (χ4n) is 2.66. The zero-order valence-electron chi connectivity index (χ0n) is 12.6. The first-order valence-electron chi connectivity index (χ1n) is 7.23. The molecule has 126 valence electrons. The lowest BCUT2D eigenvalue weighted by molar-refractivity contribution is -0.138. The van der Waals surface area contributed by atoms with E-state index in [1.807, 2.05) is 6.92 Å². The molecule has 0 aliphatic carbocycles. The van der Waals surface area contributed by atoms with Gasteiger partial charge in [0, 0.05) is 12.7 Å². The molecule has 0 aliphatic heterocycles. The molecular formula is C16H13F4N3O. The van der Waals surface area contributed by atoms with Crippen LogP contribution in [0.25, 0.3) is 11.0 Å². The molecule has 0 radical (unpaired) electrons.